The Hall–Kier alpha value is -2.88. The number of ketones is 1. The van der Waals surface area contributed by atoms with Crippen molar-refractivity contribution in [2.75, 3.05) is 19.5 Å². The summed E-state index contributed by atoms with van der Waals surface area (Å²) in [5, 5.41) is 2.79. The van der Waals surface area contributed by atoms with Crippen molar-refractivity contribution in [3.05, 3.63) is 76.0 Å². The second kappa shape index (κ2) is 7.22. The van der Waals surface area contributed by atoms with Crippen molar-refractivity contribution in [3.8, 4) is 5.75 Å². The minimum absolute atomic E-state index is 0.125. The molecule has 112 valence electrons. The van der Waals surface area contributed by atoms with Gasteiger partial charge in [-0.1, -0.05) is 30.3 Å². The van der Waals surface area contributed by atoms with Gasteiger partial charge in [-0.2, -0.15) is 0 Å². The van der Waals surface area contributed by atoms with Crippen LogP contribution in [0.4, 0.5) is 5.69 Å². The molecule has 4 heteroatoms. The van der Waals surface area contributed by atoms with Crippen LogP contribution in [0.3, 0.4) is 0 Å². The molecule has 2 aromatic carbocycles. The van der Waals surface area contributed by atoms with E-state index in [-0.39, 0.29) is 16.8 Å². The van der Waals surface area contributed by atoms with E-state index in [1.165, 1.54) is 12.1 Å². The zero-order valence-electron chi connectivity index (χ0n) is 12.5. The van der Waals surface area contributed by atoms with Crippen LogP contribution < -0.4 is 15.5 Å². The van der Waals surface area contributed by atoms with E-state index in [0.717, 1.165) is 5.56 Å². The van der Waals surface area contributed by atoms with E-state index >= 15 is 0 Å². The molecule has 0 saturated carbocycles. The van der Waals surface area contributed by atoms with Gasteiger partial charge in [0.2, 0.25) is 5.43 Å². The molecule has 0 spiro atoms. The van der Waals surface area contributed by atoms with Crippen LogP contribution in [0.5, 0.6) is 5.75 Å². The van der Waals surface area contributed by atoms with E-state index in [0.29, 0.717) is 11.4 Å². The van der Waals surface area contributed by atoms with E-state index in [1.54, 1.807) is 38.4 Å². The van der Waals surface area contributed by atoms with Gasteiger partial charge in [0.15, 0.2) is 5.78 Å². The molecule has 22 heavy (non-hydrogen) atoms. The number of hydrogen-bond acceptors (Lipinski definition) is 4. The molecule has 1 N–H and O–H groups in total. The van der Waals surface area contributed by atoms with Crippen molar-refractivity contribution in [3.63, 3.8) is 0 Å². The second-order valence-corrected chi connectivity index (χ2v) is 4.56. The number of nitrogens with one attached hydrogen (secondary N) is 1. The minimum Gasteiger partial charge on any atom is -0.496 e. The highest BCUT2D eigenvalue weighted by atomic mass is 16.5. The number of carbonyl (C=O) groups is 1. The largest absolute Gasteiger partial charge is 0.496 e. The van der Waals surface area contributed by atoms with Gasteiger partial charge in [-0.05, 0) is 30.4 Å². The number of methoxy groups -OCH3 is 1. The first kappa shape index (κ1) is 15.5. The summed E-state index contributed by atoms with van der Waals surface area (Å²) in [6, 6.07) is 13.9. The average molecular weight is 295 g/mol. The first-order valence-electron chi connectivity index (χ1n) is 6.84. The molecule has 0 atom stereocenters. The molecule has 0 bridgehead atoms. The number of anilines is 1. The van der Waals surface area contributed by atoms with E-state index < -0.39 is 0 Å². The Morgan fingerprint density at radius 3 is 2.50 bits per heavy atom. The van der Waals surface area contributed by atoms with Crippen molar-refractivity contribution in [1.29, 1.82) is 0 Å². The Morgan fingerprint density at radius 2 is 1.77 bits per heavy atom. The van der Waals surface area contributed by atoms with Crippen LogP contribution in [0.1, 0.15) is 15.9 Å². The smallest absolute Gasteiger partial charge is 0.212 e. The van der Waals surface area contributed by atoms with Crippen molar-refractivity contribution < 1.29 is 9.53 Å². The Balaban J connectivity index is 2.36. The third kappa shape index (κ3) is 3.41. The monoisotopic (exact) mass is 295 g/mol. The molecule has 0 aliphatic heterocycles. The predicted molar refractivity (Wildman–Crippen MR) is 88.6 cm³/mol. The zero-order chi connectivity index (χ0) is 15.9. The van der Waals surface area contributed by atoms with E-state index in [2.05, 4.69) is 5.32 Å². The van der Waals surface area contributed by atoms with Gasteiger partial charge in [0.25, 0.3) is 0 Å². The van der Waals surface area contributed by atoms with E-state index in [4.69, 9.17) is 4.74 Å². The van der Waals surface area contributed by atoms with Crippen molar-refractivity contribution in [2.45, 2.75) is 0 Å². The summed E-state index contributed by atoms with van der Waals surface area (Å²) in [5.74, 6) is 0.326. The normalized spacial score (nSPS) is 10.5. The van der Waals surface area contributed by atoms with Gasteiger partial charge in [0.1, 0.15) is 5.75 Å². The Labute approximate surface area is 129 Å². The third-order valence-corrected chi connectivity index (χ3v) is 3.21. The number of ether oxygens (including phenoxy) is 1. The number of para-hydroxylation sites is 1. The quantitative estimate of drug-likeness (QED) is 0.680. The molecule has 0 unspecified atom stereocenters. The topological polar surface area (TPSA) is 55.4 Å². The molecule has 4 nitrogen and oxygen atoms in total. The summed E-state index contributed by atoms with van der Waals surface area (Å²) >= 11 is 0. The van der Waals surface area contributed by atoms with Gasteiger partial charge >= 0.3 is 0 Å². The third-order valence-electron chi connectivity index (χ3n) is 3.21. The maximum Gasteiger partial charge on any atom is 0.212 e. The molecule has 0 saturated heterocycles. The lowest BCUT2D eigenvalue weighted by molar-refractivity contribution is 0.104. The first-order valence-corrected chi connectivity index (χ1v) is 6.84. The molecular formula is C18H17NO3. The van der Waals surface area contributed by atoms with Crippen LogP contribution >= 0.6 is 0 Å². The maximum atomic E-state index is 12.3. The lowest BCUT2D eigenvalue weighted by Crippen LogP contribution is -2.14. The van der Waals surface area contributed by atoms with Gasteiger partial charge in [-0.15, -0.1) is 0 Å². The van der Waals surface area contributed by atoms with Gasteiger partial charge in [0.05, 0.1) is 18.4 Å². The zero-order valence-corrected chi connectivity index (χ0v) is 12.5. The molecule has 0 radical (unpaired) electrons. The fourth-order valence-electron chi connectivity index (χ4n) is 2.05. The summed E-state index contributed by atoms with van der Waals surface area (Å²) in [6.07, 6.45) is 3.03. The van der Waals surface area contributed by atoms with E-state index in [1.807, 2.05) is 24.3 Å². The Morgan fingerprint density at radius 1 is 1.09 bits per heavy atom. The fraction of sp³-hybridized carbons (Fsp3) is 0.111. The second-order valence-electron chi connectivity index (χ2n) is 4.56. The predicted octanol–water partition coefficient (Wildman–Crippen LogP) is 2.99. The summed E-state index contributed by atoms with van der Waals surface area (Å²) in [5.41, 5.74) is 0.974. The highest BCUT2D eigenvalue weighted by Gasteiger charge is 2.08. The van der Waals surface area contributed by atoms with Crippen LogP contribution in [-0.4, -0.2) is 19.9 Å². The lowest BCUT2D eigenvalue weighted by Gasteiger charge is -2.03. The van der Waals surface area contributed by atoms with Crippen molar-refractivity contribution in [1.82, 2.24) is 0 Å². The molecule has 0 heterocycles. The molecule has 0 amide bonds. The molecule has 0 aromatic heterocycles. The van der Waals surface area contributed by atoms with Gasteiger partial charge in [0, 0.05) is 12.6 Å². The molecule has 0 fully saturated rings. The molecule has 0 aliphatic carbocycles. The molecular weight excluding hydrogens is 278 g/mol. The van der Waals surface area contributed by atoms with Crippen LogP contribution in [0.25, 0.3) is 6.08 Å². The van der Waals surface area contributed by atoms with E-state index in [9.17, 15) is 9.59 Å². The van der Waals surface area contributed by atoms with Gasteiger partial charge < -0.3 is 10.1 Å². The van der Waals surface area contributed by atoms with Crippen molar-refractivity contribution in [2.24, 2.45) is 0 Å². The number of hydrogen-bond donors (Lipinski definition) is 1. The standard InChI is InChI=1S/C18H17NO3/c1-19-15-9-5-4-8-14(18(15)21)16(20)12-11-13-7-3-6-10-17(13)22-2/h3-12H,1-2H3,(H,19,21)/b12-11-. The Kier molecular flexibility index (Phi) is 5.09. The van der Waals surface area contributed by atoms with Crippen LogP contribution in [0.15, 0.2) is 59.4 Å². The lowest BCUT2D eigenvalue weighted by atomic mass is 10.1. The highest BCUT2D eigenvalue weighted by Crippen LogP contribution is 2.18. The summed E-state index contributed by atoms with van der Waals surface area (Å²) in [4.78, 5) is 24.5. The SMILES string of the molecule is CNc1ccccc(C(=O)/C=C\c2ccccc2OC)c1=O. The number of allylic oxidation sites excluding steroid dienone is 1. The van der Waals surface area contributed by atoms with Crippen LogP contribution in [0.2, 0.25) is 0 Å². The minimum atomic E-state index is -0.344. The summed E-state index contributed by atoms with van der Waals surface area (Å²) in [7, 11) is 3.22. The molecule has 2 rings (SSSR count). The first-order chi connectivity index (χ1) is 10.7. The fourth-order valence-corrected chi connectivity index (χ4v) is 2.05. The van der Waals surface area contributed by atoms with Crippen molar-refractivity contribution >= 4 is 17.5 Å². The highest BCUT2D eigenvalue weighted by molar-refractivity contribution is 6.07. The molecule has 2 aromatic rings. The molecule has 0 aliphatic rings. The average Bonchev–Trinajstić information content (AvgIpc) is 2.74. The maximum absolute atomic E-state index is 12.3. The summed E-state index contributed by atoms with van der Waals surface area (Å²) < 4.78 is 5.22. The van der Waals surface area contributed by atoms with Gasteiger partial charge in [-0.3, -0.25) is 9.59 Å². The Bertz CT molecular complexity index is 766. The summed E-state index contributed by atoms with van der Waals surface area (Å²) in [6.45, 7) is 0. The van der Waals surface area contributed by atoms with Crippen LogP contribution in [-0.2, 0) is 0 Å². The van der Waals surface area contributed by atoms with Gasteiger partial charge in [-0.25, -0.2) is 0 Å². The number of rotatable bonds is 5. The number of benzene rings is 1. The number of carbonyl (C=O) groups excluding carboxylic acids is 1. The van der Waals surface area contributed by atoms with Crippen LogP contribution in [0, 0.1) is 0 Å².